The molecule has 1 aromatic rings. The van der Waals surface area contributed by atoms with Crippen LogP contribution < -0.4 is 5.32 Å². The SMILES string of the molecule is CN(C1CC2CCC(C1)N2)S(=O)(=O)c1cnn(C)c1.Cl. The van der Waals surface area contributed by atoms with Gasteiger partial charge in [-0.05, 0) is 25.7 Å². The van der Waals surface area contributed by atoms with Crippen LogP contribution in [-0.4, -0.2) is 47.7 Å². The lowest BCUT2D eigenvalue weighted by Crippen LogP contribution is -2.48. The van der Waals surface area contributed by atoms with Gasteiger partial charge in [0.05, 0.1) is 6.20 Å². The molecule has 8 heteroatoms. The van der Waals surface area contributed by atoms with Crippen molar-refractivity contribution in [3.63, 3.8) is 0 Å². The first-order valence-corrected chi connectivity index (χ1v) is 8.13. The van der Waals surface area contributed by atoms with Crippen LogP contribution in [-0.2, 0) is 17.1 Å². The summed E-state index contributed by atoms with van der Waals surface area (Å²) in [5, 5.41) is 7.48. The summed E-state index contributed by atoms with van der Waals surface area (Å²) in [4.78, 5) is 0.281. The van der Waals surface area contributed by atoms with Crippen molar-refractivity contribution in [1.29, 1.82) is 0 Å². The van der Waals surface area contributed by atoms with Gasteiger partial charge in [-0.25, -0.2) is 8.42 Å². The van der Waals surface area contributed by atoms with E-state index in [0.29, 0.717) is 12.1 Å². The minimum atomic E-state index is -3.41. The van der Waals surface area contributed by atoms with Gasteiger partial charge in [0.15, 0.2) is 0 Å². The number of nitrogens with zero attached hydrogens (tertiary/aromatic N) is 3. The van der Waals surface area contributed by atoms with E-state index in [1.807, 2.05) is 0 Å². The first-order valence-electron chi connectivity index (χ1n) is 6.69. The van der Waals surface area contributed by atoms with E-state index in [-0.39, 0.29) is 23.3 Å². The third-order valence-corrected chi connectivity index (χ3v) is 6.18. The monoisotopic (exact) mass is 320 g/mol. The Morgan fingerprint density at radius 3 is 2.45 bits per heavy atom. The zero-order valence-electron chi connectivity index (χ0n) is 11.7. The van der Waals surface area contributed by atoms with E-state index in [1.165, 1.54) is 28.0 Å². The maximum atomic E-state index is 12.5. The molecule has 3 rings (SSSR count). The molecule has 2 aliphatic rings. The summed E-state index contributed by atoms with van der Waals surface area (Å²) in [6, 6.07) is 1.06. The molecule has 3 heterocycles. The van der Waals surface area contributed by atoms with Gasteiger partial charge in [-0.3, -0.25) is 4.68 Å². The van der Waals surface area contributed by atoms with Gasteiger partial charge < -0.3 is 5.32 Å². The summed E-state index contributed by atoms with van der Waals surface area (Å²) in [5.41, 5.74) is 0. The van der Waals surface area contributed by atoms with E-state index in [2.05, 4.69) is 10.4 Å². The number of piperidine rings is 1. The molecule has 0 aliphatic carbocycles. The Balaban J connectivity index is 0.00000147. The lowest BCUT2D eigenvalue weighted by atomic mass is 10.0. The summed E-state index contributed by atoms with van der Waals surface area (Å²) in [7, 11) is 0.00356. The second kappa shape index (κ2) is 5.63. The maximum absolute atomic E-state index is 12.5. The molecule has 2 saturated heterocycles. The van der Waals surface area contributed by atoms with E-state index in [9.17, 15) is 8.42 Å². The van der Waals surface area contributed by atoms with E-state index in [4.69, 9.17) is 0 Å². The Morgan fingerprint density at radius 1 is 1.35 bits per heavy atom. The lowest BCUT2D eigenvalue weighted by Gasteiger charge is -2.34. The molecule has 1 N–H and O–H groups in total. The fourth-order valence-corrected chi connectivity index (χ4v) is 4.58. The van der Waals surface area contributed by atoms with Crippen LogP contribution in [0.5, 0.6) is 0 Å². The minimum Gasteiger partial charge on any atom is -0.311 e. The third-order valence-electron chi connectivity index (χ3n) is 4.32. The largest absolute Gasteiger partial charge is 0.311 e. The fraction of sp³-hybridized carbons (Fsp3) is 0.750. The van der Waals surface area contributed by atoms with Crippen molar-refractivity contribution in [3.05, 3.63) is 12.4 Å². The highest BCUT2D eigenvalue weighted by atomic mass is 35.5. The summed E-state index contributed by atoms with van der Waals surface area (Å²) < 4.78 is 28.1. The molecular weight excluding hydrogens is 300 g/mol. The van der Waals surface area contributed by atoms with Crippen LogP contribution in [0, 0.1) is 0 Å². The van der Waals surface area contributed by atoms with Crippen molar-refractivity contribution >= 4 is 22.4 Å². The number of hydrogen-bond donors (Lipinski definition) is 1. The number of hydrogen-bond acceptors (Lipinski definition) is 4. The van der Waals surface area contributed by atoms with Crippen LogP contribution in [0.1, 0.15) is 25.7 Å². The Labute approximate surface area is 126 Å². The number of rotatable bonds is 3. The molecule has 6 nitrogen and oxygen atoms in total. The zero-order valence-corrected chi connectivity index (χ0v) is 13.3. The van der Waals surface area contributed by atoms with Crippen LogP contribution in [0.15, 0.2) is 17.3 Å². The van der Waals surface area contributed by atoms with Gasteiger partial charge in [0, 0.05) is 38.4 Å². The first kappa shape index (κ1) is 15.8. The highest BCUT2D eigenvalue weighted by Gasteiger charge is 2.39. The molecule has 1 aromatic heterocycles. The van der Waals surface area contributed by atoms with Crippen molar-refractivity contribution in [3.8, 4) is 0 Å². The zero-order chi connectivity index (χ0) is 13.6. The van der Waals surface area contributed by atoms with Gasteiger partial charge in [0.2, 0.25) is 10.0 Å². The van der Waals surface area contributed by atoms with Crippen LogP contribution in [0.4, 0.5) is 0 Å². The Bertz CT molecular complexity index is 562. The van der Waals surface area contributed by atoms with Gasteiger partial charge in [-0.2, -0.15) is 9.40 Å². The second-order valence-electron chi connectivity index (χ2n) is 5.63. The lowest BCUT2D eigenvalue weighted by molar-refractivity contribution is 0.251. The van der Waals surface area contributed by atoms with Crippen LogP contribution in [0.25, 0.3) is 0 Å². The van der Waals surface area contributed by atoms with Crippen molar-refractivity contribution < 1.29 is 8.42 Å². The van der Waals surface area contributed by atoms with Gasteiger partial charge >= 0.3 is 0 Å². The topological polar surface area (TPSA) is 67.2 Å². The maximum Gasteiger partial charge on any atom is 0.246 e. The highest BCUT2D eigenvalue weighted by molar-refractivity contribution is 7.89. The average Bonchev–Trinajstić information content (AvgIpc) is 2.95. The number of sulfonamides is 1. The van der Waals surface area contributed by atoms with E-state index >= 15 is 0 Å². The fourth-order valence-electron chi connectivity index (χ4n) is 3.22. The molecule has 2 aliphatic heterocycles. The van der Waals surface area contributed by atoms with E-state index in [0.717, 1.165) is 12.8 Å². The summed E-state index contributed by atoms with van der Waals surface area (Å²) in [6.07, 6.45) is 7.13. The van der Waals surface area contributed by atoms with Gasteiger partial charge in [-0.15, -0.1) is 12.4 Å². The molecule has 0 radical (unpaired) electrons. The molecule has 0 aromatic carbocycles. The molecule has 0 saturated carbocycles. The number of aryl methyl sites for hydroxylation is 1. The summed E-state index contributed by atoms with van der Waals surface area (Å²) in [5.74, 6) is 0. The molecule has 20 heavy (non-hydrogen) atoms. The third kappa shape index (κ3) is 2.72. The quantitative estimate of drug-likeness (QED) is 0.892. The highest BCUT2D eigenvalue weighted by Crippen LogP contribution is 2.31. The van der Waals surface area contributed by atoms with Crippen LogP contribution in [0.2, 0.25) is 0 Å². The molecule has 2 unspecified atom stereocenters. The number of fused-ring (bicyclic) bond motifs is 2. The van der Waals surface area contributed by atoms with E-state index in [1.54, 1.807) is 20.3 Å². The van der Waals surface area contributed by atoms with Crippen LogP contribution in [0.3, 0.4) is 0 Å². The summed E-state index contributed by atoms with van der Waals surface area (Å²) in [6.45, 7) is 0. The van der Waals surface area contributed by atoms with Gasteiger partial charge in [0.1, 0.15) is 4.90 Å². The second-order valence-corrected chi connectivity index (χ2v) is 7.63. The first-order chi connectivity index (χ1) is 8.96. The number of aromatic nitrogens is 2. The number of halogens is 1. The molecule has 114 valence electrons. The Kier molecular flexibility index (Phi) is 4.44. The van der Waals surface area contributed by atoms with Crippen LogP contribution >= 0.6 is 12.4 Å². The molecular formula is C12H21ClN4O2S. The molecule has 0 amide bonds. The molecule has 2 atom stereocenters. The minimum absolute atomic E-state index is 0. The number of nitrogens with one attached hydrogen (secondary N) is 1. The standard InChI is InChI=1S/C12H20N4O2S.ClH/c1-15-8-12(7-13-15)19(17,18)16(2)11-5-9-3-4-10(6-11)14-9;/h7-11,14H,3-6H2,1-2H3;1H. The van der Waals surface area contributed by atoms with Crippen molar-refractivity contribution in [2.24, 2.45) is 7.05 Å². The summed E-state index contributed by atoms with van der Waals surface area (Å²) >= 11 is 0. The van der Waals surface area contributed by atoms with Gasteiger partial charge in [-0.1, -0.05) is 0 Å². The van der Waals surface area contributed by atoms with E-state index < -0.39 is 10.0 Å². The predicted octanol–water partition coefficient (Wildman–Crippen LogP) is 0.745. The van der Waals surface area contributed by atoms with Crippen molar-refractivity contribution in [2.45, 2.75) is 48.7 Å². The molecule has 2 fully saturated rings. The average molecular weight is 321 g/mol. The Morgan fingerprint density at radius 2 is 1.95 bits per heavy atom. The smallest absolute Gasteiger partial charge is 0.246 e. The predicted molar refractivity (Wildman–Crippen MR) is 78.4 cm³/mol. The van der Waals surface area contributed by atoms with Crippen molar-refractivity contribution in [2.75, 3.05) is 7.05 Å². The Hall–Kier alpha value is -0.630. The molecule has 2 bridgehead atoms. The normalized spacial score (nSPS) is 29.4. The van der Waals surface area contributed by atoms with Crippen molar-refractivity contribution in [1.82, 2.24) is 19.4 Å². The molecule has 0 spiro atoms. The van der Waals surface area contributed by atoms with Gasteiger partial charge in [0.25, 0.3) is 0 Å².